The minimum Gasteiger partial charge on any atom is -0.338 e. The Hall–Kier alpha value is -1.58. The van der Waals surface area contributed by atoms with Gasteiger partial charge in [0, 0.05) is 33.5 Å². The van der Waals surface area contributed by atoms with Crippen LogP contribution in [0.15, 0.2) is 24.5 Å². The first kappa shape index (κ1) is 22.6. The molecular weight excluding hydrogens is 382 g/mol. The van der Waals surface area contributed by atoms with Crippen molar-refractivity contribution >= 4 is 6.03 Å². The maximum absolute atomic E-state index is 13.0. The highest BCUT2D eigenvalue weighted by Gasteiger charge is 2.48. The van der Waals surface area contributed by atoms with E-state index in [1.165, 1.54) is 69.8 Å². The van der Waals surface area contributed by atoms with Gasteiger partial charge in [-0.3, -0.25) is 4.98 Å². The van der Waals surface area contributed by atoms with Crippen molar-refractivity contribution in [2.45, 2.75) is 90.4 Å². The lowest BCUT2D eigenvalue weighted by Gasteiger charge is -2.49. The Bertz CT molecular complexity index is 681. The number of nitrogens with one attached hydrogen (secondary N) is 1. The molecule has 4 fully saturated rings. The van der Waals surface area contributed by atoms with Crippen molar-refractivity contribution in [1.82, 2.24) is 15.2 Å². The van der Waals surface area contributed by atoms with Crippen molar-refractivity contribution in [3.63, 3.8) is 0 Å². The Kier molecular flexibility index (Phi) is 7.90. The van der Waals surface area contributed by atoms with Crippen molar-refractivity contribution in [3.05, 3.63) is 30.1 Å². The predicted octanol–water partition coefficient (Wildman–Crippen LogP) is 6.46. The number of aromatic nitrogens is 1. The number of rotatable bonds is 11. The average Bonchev–Trinajstić information content (AvgIpc) is 2.99. The van der Waals surface area contributed by atoms with Gasteiger partial charge in [-0.05, 0) is 98.7 Å². The Labute approximate surface area is 191 Å². The zero-order chi connectivity index (χ0) is 21.5. The largest absolute Gasteiger partial charge is 0.338 e. The van der Waals surface area contributed by atoms with Gasteiger partial charge in [0.15, 0.2) is 0 Å². The van der Waals surface area contributed by atoms with Crippen LogP contribution in [0.5, 0.6) is 0 Å². The highest BCUT2D eigenvalue weighted by molar-refractivity contribution is 5.74. The lowest BCUT2D eigenvalue weighted by atomic mass is 9.57. The van der Waals surface area contributed by atoms with Crippen LogP contribution in [0.4, 0.5) is 4.79 Å². The molecule has 2 amide bonds. The van der Waals surface area contributed by atoms with Crippen molar-refractivity contribution in [2.24, 2.45) is 23.2 Å². The van der Waals surface area contributed by atoms with Gasteiger partial charge in [-0.25, -0.2) is 4.79 Å². The number of amides is 2. The van der Waals surface area contributed by atoms with Crippen LogP contribution in [0.1, 0.15) is 91.0 Å². The Morgan fingerprint density at radius 2 is 1.77 bits per heavy atom. The fourth-order valence-corrected chi connectivity index (χ4v) is 7.07. The van der Waals surface area contributed by atoms with E-state index in [0.717, 1.165) is 56.7 Å². The smallest absolute Gasteiger partial charge is 0.317 e. The summed E-state index contributed by atoms with van der Waals surface area (Å²) in [6, 6.07) is 4.29. The molecule has 1 aromatic heterocycles. The standard InChI is InChI=1S/C27H43N3O.H2/c1-2-3-4-15-30(26(31)29-12-5-6-22-9-13-28-14-10-22)16-11-27-19-23-7-8-24(20-27)18-25(17-23)21-27;/h9-10,13-14,23-25H,2-8,11-12,15-21H2,1H3,(H,29,31);1H. The van der Waals surface area contributed by atoms with E-state index in [1.54, 1.807) is 0 Å². The van der Waals surface area contributed by atoms with Gasteiger partial charge in [0.2, 0.25) is 0 Å². The molecular formula is C27H45N3O. The zero-order valence-corrected chi connectivity index (χ0v) is 19.7. The number of fused-ring (bicyclic) bond motifs is 1. The van der Waals surface area contributed by atoms with Crippen molar-refractivity contribution in [2.75, 3.05) is 19.6 Å². The maximum Gasteiger partial charge on any atom is 0.317 e. The van der Waals surface area contributed by atoms with Crippen LogP contribution in [-0.4, -0.2) is 35.5 Å². The molecule has 2 unspecified atom stereocenters. The summed E-state index contributed by atoms with van der Waals surface area (Å²) in [6.45, 7) is 4.85. The van der Waals surface area contributed by atoms with Gasteiger partial charge in [-0.15, -0.1) is 0 Å². The van der Waals surface area contributed by atoms with Gasteiger partial charge in [-0.1, -0.05) is 32.6 Å². The summed E-state index contributed by atoms with van der Waals surface area (Å²) < 4.78 is 0. The number of pyridine rings is 1. The highest BCUT2D eigenvalue weighted by Crippen LogP contribution is 2.59. The number of hydrogen-bond donors (Lipinski definition) is 1. The number of aryl methyl sites for hydroxylation is 1. The molecule has 0 saturated heterocycles. The fraction of sp³-hybridized carbons (Fsp3) is 0.778. The van der Waals surface area contributed by atoms with Crippen LogP contribution in [-0.2, 0) is 6.42 Å². The molecule has 0 radical (unpaired) electrons. The molecule has 2 atom stereocenters. The number of nitrogens with zero attached hydrogens (tertiary/aromatic N) is 2. The fourth-order valence-electron chi connectivity index (χ4n) is 7.07. The third-order valence-electron chi connectivity index (χ3n) is 8.38. The second kappa shape index (κ2) is 10.8. The van der Waals surface area contributed by atoms with Crippen LogP contribution < -0.4 is 5.32 Å². The molecule has 4 nitrogen and oxygen atoms in total. The zero-order valence-electron chi connectivity index (χ0n) is 19.7. The molecule has 4 bridgehead atoms. The van der Waals surface area contributed by atoms with E-state index in [1.807, 2.05) is 12.4 Å². The second-order valence-electron chi connectivity index (χ2n) is 10.9. The van der Waals surface area contributed by atoms with Gasteiger partial charge in [0.05, 0.1) is 0 Å². The summed E-state index contributed by atoms with van der Waals surface area (Å²) in [4.78, 5) is 19.3. The van der Waals surface area contributed by atoms with Gasteiger partial charge in [-0.2, -0.15) is 0 Å². The second-order valence-corrected chi connectivity index (χ2v) is 10.9. The summed E-state index contributed by atoms with van der Waals surface area (Å²) in [6.07, 6.45) is 20.7. The van der Waals surface area contributed by atoms with Gasteiger partial charge in [0.1, 0.15) is 0 Å². The summed E-state index contributed by atoms with van der Waals surface area (Å²) in [7, 11) is 0. The lowest BCUT2D eigenvalue weighted by molar-refractivity contribution is 0.0216. The molecule has 31 heavy (non-hydrogen) atoms. The van der Waals surface area contributed by atoms with Crippen molar-refractivity contribution in [1.29, 1.82) is 0 Å². The van der Waals surface area contributed by atoms with E-state index < -0.39 is 0 Å². The third kappa shape index (κ3) is 6.23. The number of carbonyl (C=O) groups excluding carboxylic acids is 1. The van der Waals surface area contributed by atoms with Crippen LogP contribution in [0.25, 0.3) is 0 Å². The Balaban J connectivity index is 0.00000289. The van der Waals surface area contributed by atoms with Crippen LogP contribution in [0.3, 0.4) is 0 Å². The maximum atomic E-state index is 13.0. The molecule has 4 aliphatic rings. The van der Waals surface area contributed by atoms with Gasteiger partial charge < -0.3 is 10.2 Å². The topological polar surface area (TPSA) is 45.2 Å². The highest BCUT2D eigenvalue weighted by atomic mass is 16.2. The van der Waals surface area contributed by atoms with E-state index in [0.29, 0.717) is 5.41 Å². The average molecular weight is 428 g/mol. The summed E-state index contributed by atoms with van der Waals surface area (Å²) in [5.41, 5.74) is 1.83. The van der Waals surface area contributed by atoms with E-state index in [4.69, 9.17) is 0 Å². The molecule has 174 valence electrons. The molecule has 0 aromatic carbocycles. The molecule has 4 saturated carbocycles. The van der Waals surface area contributed by atoms with Crippen LogP contribution in [0, 0.1) is 23.2 Å². The first-order valence-electron chi connectivity index (χ1n) is 13.1. The molecule has 1 N–H and O–H groups in total. The monoisotopic (exact) mass is 427 g/mol. The number of hydrogen-bond acceptors (Lipinski definition) is 2. The molecule has 5 rings (SSSR count). The molecule has 0 aliphatic heterocycles. The summed E-state index contributed by atoms with van der Waals surface area (Å²) in [5, 5.41) is 3.22. The predicted molar refractivity (Wildman–Crippen MR) is 129 cm³/mol. The molecule has 4 aliphatic carbocycles. The van der Waals surface area contributed by atoms with Crippen molar-refractivity contribution < 1.29 is 6.22 Å². The minimum absolute atomic E-state index is 0. The minimum atomic E-state index is 0. The van der Waals surface area contributed by atoms with Crippen LogP contribution >= 0.6 is 0 Å². The van der Waals surface area contributed by atoms with Crippen molar-refractivity contribution in [3.8, 4) is 0 Å². The molecule has 1 aromatic rings. The van der Waals surface area contributed by atoms with Crippen LogP contribution in [0.2, 0.25) is 0 Å². The van der Waals surface area contributed by atoms with E-state index >= 15 is 0 Å². The third-order valence-corrected chi connectivity index (χ3v) is 8.38. The van der Waals surface area contributed by atoms with Gasteiger partial charge in [0.25, 0.3) is 0 Å². The SMILES string of the molecule is CCCCCN(CCC12CC3CCC(CC(C3)C1)C2)C(=O)NCCCc1ccncc1.[HH]. The lowest BCUT2D eigenvalue weighted by Crippen LogP contribution is -2.45. The summed E-state index contributed by atoms with van der Waals surface area (Å²) >= 11 is 0. The quantitative estimate of drug-likeness (QED) is 0.412. The first-order chi connectivity index (χ1) is 15.2. The number of urea groups is 1. The molecule has 4 heteroatoms. The molecule has 0 spiro atoms. The van der Waals surface area contributed by atoms with E-state index in [9.17, 15) is 4.79 Å². The first-order valence-corrected chi connectivity index (χ1v) is 13.1. The normalized spacial score (nSPS) is 29.0. The number of carbonyl (C=O) groups is 1. The van der Waals surface area contributed by atoms with E-state index in [2.05, 4.69) is 34.3 Å². The summed E-state index contributed by atoms with van der Waals surface area (Å²) in [5.74, 6) is 2.93. The Morgan fingerprint density at radius 1 is 1.06 bits per heavy atom. The number of unbranched alkanes of at least 4 members (excludes halogenated alkanes) is 2. The van der Waals surface area contributed by atoms with E-state index in [-0.39, 0.29) is 7.46 Å². The molecule has 1 heterocycles. The Morgan fingerprint density at radius 3 is 2.48 bits per heavy atom. The van der Waals surface area contributed by atoms with Gasteiger partial charge >= 0.3 is 6.03 Å².